The Kier molecular flexibility index (Phi) is 3.27. The third kappa shape index (κ3) is 1.90. The molecule has 2 heteroatoms. The zero-order valence-corrected chi connectivity index (χ0v) is 16.8. The second-order valence-electron chi connectivity index (χ2n) is 7.05. The van der Waals surface area contributed by atoms with Gasteiger partial charge in [0.05, 0.1) is 5.41 Å². The molecule has 0 unspecified atom stereocenters. The van der Waals surface area contributed by atoms with Crippen LogP contribution < -0.4 is 0 Å². The Morgan fingerprint density at radius 2 is 1.11 bits per heavy atom. The van der Waals surface area contributed by atoms with Crippen LogP contribution in [0.3, 0.4) is 0 Å². The Balaban J connectivity index is 1.89. The van der Waals surface area contributed by atoms with Crippen molar-refractivity contribution in [2.45, 2.75) is 15.2 Å². The van der Waals surface area contributed by atoms with Crippen LogP contribution in [0.25, 0.3) is 11.1 Å². The molecule has 0 N–H and O–H groups in total. The lowest BCUT2D eigenvalue weighted by Crippen LogP contribution is -2.32. The van der Waals surface area contributed by atoms with Crippen LogP contribution in [0.5, 0.6) is 0 Å². The molecule has 0 saturated carbocycles. The smallest absolute Gasteiger partial charge is 0.0746 e. The van der Waals surface area contributed by atoms with E-state index < -0.39 is 0 Å². The van der Waals surface area contributed by atoms with E-state index in [9.17, 15) is 0 Å². The van der Waals surface area contributed by atoms with E-state index in [1.807, 2.05) is 11.8 Å². The molecule has 0 fully saturated rings. The molecule has 1 heterocycles. The van der Waals surface area contributed by atoms with E-state index in [2.05, 4.69) is 107 Å². The molecule has 0 atom stereocenters. The molecule has 0 saturated heterocycles. The summed E-state index contributed by atoms with van der Waals surface area (Å²) in [5, 5.41) is 0. The summed E-state index contributed by atoms with van der Waals surface area (Å²) < 4.78 is 1.17. The fraction of sp³-hybridized carbons (Fsp3) is 0.0400. The molecule has 1 aliphatic heterocycles. The summed E-state index contributed by atoms with van der Waals surface area (Å²) in [6.45, 7) is 0. The monoisotopic (exact) mass is 426 g/mol. The van der Waals surface area contributed by atoms with Crippen LogP contribution in [0.4, 0.5) is 0 Å². The minimum Gasteiger partial charge on any atom is -0.0894 e. The Hall–Kier alpha value is -2.29. The van der Waals surface area contributed by atoms with Gasteiger partial charge in [0.2, 0.25) is 0 Å². The van der Waals surface area contributed by atoms with E-state index in [-0.39, 0.29) is 5.41 Å². The average molecular weight is 427 g/mol. The van der Waals surface area contributed by atoms with Gasteiger partial charge in [-0.1, -0.05) is 100 Å². The summed E-state index contributed by atoms with van der Waals surface area (Å²) in [6, 6.07) is 33.3. The third-order valence-electron chi connectivity index (χ3n) is 5.81. The van der Waals surface area contributed by atoms with Crippen molar-refractivity contribution in [1.29, 1.82) is 0 Å². The van der Waals surface area contributed by atoms with E-state index >= 15 is 0 Å². The summed E-state index contributed by atoms with van der Waals surface area (Å²) in [5.74, 6) is 0. The van der Waals surface area contributed by atoms with Gasteiger partial charge in [0.1, 0.15) is 0 Å². The molecule has 0 bridgehead atoms. The maximum absolute atomic E-state index is 3.91. The molecule has 27 heavy (non-hydrogen) atoms. The lowest BCUT2D eigenvalue weighted by atomic mass is 9.67. The molecule has 4 aromatic carbocycles. The van der Waals surface area contributed by atoms with Crippen molar-refractivity contribution in [3.05, 3.63) is 118 Å². The summed E-state index contributed by atoms with van der Waals surface area (Å²) in [6.07, 6.45) is 0. The lowest BCUT2D eigenvalue weighted by Gasteiger charge is -2.40. The van der Waals surface area contributed by atoms with Crippen LogP contribution in [-0.4, -0.2) is 0 Å². The number of hydrogen-bond acceptors (Lipinski definition) is 1. The van der Waals surface area contributed by atoms with Crippen molar-refractivity contribution in [2.75, 3.05) is 0 Å². The van der Waals surface area contributed by atoms with Crippen molar-refractivity contribution < 1.29 is 0 Å². The van der Waals surface area contributed by atoms with Gasteiger partial charge in [0, 0.05) is 14.3 Å². The zero-order valence-electron chi connectivity index (χ0n) is 14.4. The Morgan fingerprint density at radius 3 is 1.81 bits per heavy atom. The van der Waals surface area contributed by atoms with Gasteiger partial charge in [-0.3, -0.25) is 0 Å². The highest BCUT2D eigenvalue weighted by Gasteiger charge is 2.50. The largest absolute Gasteiger partial charge is 0.0894 e. The SMILES string of the molecule is Brc1cccc2c1C1(c3ccccc3Sc3ccccc31)c1ccccc1-2. The Bertz CT molecular complexity index is 1180. The molecule has 0 nitrogen and oxygen atoms in total. The number of benzene rings is 4. The molecule has 128 valence electrons. The van der Waals surface area contributed by atoms with Crippen molar-refractivity contribution >= 4 is 27.7 Å². The summed E-state index contributed by atoms with van der Waals surface area (Å²) in [5.41, 5.74) is 7.91. The highest BCUT2D eigenvalue weighted by Crippen LogP contribution is 2.63. The Morgan fingerprint density at radius 1 is 0.556 bits per heavy atom. The molecule has 1 aliphatic carbocycles. The maximum atomic E-state index is 3.91. The van der Waals surface area contributed by atoms with Gasteiger partial charge in [0.25, 0.3) is 0 Å². The van der Waals surface area contributed by atoms with Gasteiger partial charge in [-0.25, -0.2) is 0 Å². The normalized spacial score (nSPS) is 15.0. The van der Waals surface area contributed by atoms with Gasteiger partial charge < -0.3 is 0 Å². The van der Waals surface area contributed by atoms with Crippen LogP contribution in [-0.2, 0) is 5.41 Å². The molecular formula is C25H15BrS. The fourth-order valence-electron chi connectivity index (χ4n) is 4.86. The van der Waals surface area contributed by atoms with Crippen LogP contribution in [0.15, 0.2) is 105 Å². The highest BCUT2D eigenvalue weighted by atomic mass is 79.9. The minimum atomic E-state index is -0.273. The number of rotatable bonds is 0. The van der Waals surface area contributed by atoms with Crippen LogP contribution in [0.2, 0.25) is 0 Å². The first-order valence-electron chi connectivity index (χ1n) is 9.07. The third-order valence-corrected chi connectivity index (χ3v) is 7.62. The number of hydrogen-bond donors (Lipinski definition) is 0. The molecular weight excluding hydrogens is 412 g/mol. The number of fused-ring (bicyclic) bond motifs is 9. The van der Waals surface area contributed by atoms with Crippen molar-refractivity contribution in [3.63, 3.8) is 0 Å². The second-order valence-corrected chi connectivity index (χ2v) is 8.99. The fourth-order valence-corrected chi connectivity index (χ4v) is 6.72. The quantitative estimate of drug-likeness (QED) is 0.246. The first-order valence-corrected chi connectivity index (χ1v) is 10.7. The van der Waals surface area contributed by atoms with E-state index in [4.69, 9.17) is 0 Å². The molecule has 0 aromatic heterocycles. The first kappa shape index (κ1) is 15.7. The summed E-state index contributed by atoms with van der Waals surface area (Å²) >= 11 is 5.80. The van der Waals surface area contributed by atoms with Gasteiger partial charge in [-0.2, -0.15) is 0 Å². The van der Waals surface area contributed by atoms with Crippen LogP contribution in [0, 0.1) is 0 Å². The highest BCUT2D eigenvalue weighted by molar-refractivity contribution is 9.10. The number of halogens is 1. The van der Waals surface area contributed by atoms with E-state index in [1.54, 1.807) is 0 Å². The maximum Gasteiger partial charge on any atom is 0.0746 e. The molecule has 1 spiro atoms. The standard InChI is InChI=1S/C25H15BrS/c26-21-13-7-9-17-16-8-1-2-10-18(16)25(24(17)21)19-11-3-5-14-22(19)27-23-15-6-4-12-20(23)25/h1-15H. The average Bonchev–Trinajstić information content (AvgIpc) is 3.01. The molecule has 4 aromatic rings. The zero-order chi connectivity index (χ0) is 18.0. The predicted molar refractivity (Wildman–Crippen MR) is 116 cm³/mol. The minimum absolute atomic E-state index is 0.273. The van der Waals surface area contributed by atoms with Crippen LogP contribution >= 0.6 is 27.7 Å². The Labute approximate surface area is 171 Å². The van der Waals surface area contributed by atoms with Gasteiger partial charge >= 0.3 is 0 Å². The van der Waals surface area contributed by atoms with Gasteiger partial charge in [-0.15, -0.1) is 0 Å². The van der Waals surface area contributed by atoms with Crippen molar-refractivity contribution in [1.82, 2.24) is 0 Å². The van der Waals surface area contributed by atoms with Crippen LogP contribution in [0.1, 0.15) is 22.3 Å². The summed E-state index contributed by atoms with van der Waals surface area (Å²) in [4.78, 5) is 2.68. The van der Waals surface area contributed by atoms with E-state index in [0.29, 0.717) is 0 Å². The molecule has 6 rings (SSSR count). The van der Waals surface area contributed by atoms with Crippen molar-refractivity contribution in [2.24, 2.45) is 0 Å². The summed E-state index contributed by atoms with van der Waals surface area (Å²) in [7, 11) is 0. The predicted octanol–water partition coefficient (Wildman–Crippen LogP) is 7.28. The van der Waals surface area contributed by atoms with Gasteiger partial charge in [0.15, 0.2) is 0 Å². The van der Waals surface area contributed by atoms with Crippen molar-refractivity contribution in [3.8, 4) is 11.1 Å². The lowest BCUT2D eigenvalue weighted by molar-refractivity contribution is 0.719. The molecule has 0 radical (unpaired) electrons. The topological polar surface area (TPSA) is 0 Å². The molecule has 2 aliphatic rings. The van der Waals surface area contributed by atoms with E-state index in [0.717, 1.165) is 0 Å². The first-order chi connectivity index (χ1) is 13.3. The second kappa shape index (κ2) is 5.60. The van der Waals surface area contributed by atoms with E-state index in [1.165, 1.54) is 47.6 Å². The van der Waals surface area contributed by atoms with Gasteiger partial charge in [-0.05, 0) is 51.6 Å². The molecule has 0 amide bonds.